The molecule has 0 radical (unpaired) electrons. The highest BCUT2D eigenvalue weighted by Crippen LogP contribution is 2.20. The van der Waals surface area contributed by atoms with Crippen molar-refractivity contribution in [3.05, 3.63) is 65.5 Å². The lowest BCUT2D eigenvalue weighted by Crippen LogP contribution is -2.37. The van der Waals surface area contributed by atoms with Crippen molar-refractivity contribution in [1.82, 2.24) is 14.9 Å². The maximum atomic E-state index is 13.1. The first-order chi connectivity index (χ1) is 13.6. The summed E-state index contributed by atoms with van der Waals surface area (Å²) in [4.78, 5) is 23.7. The zero-order valence-electron chi connectivity index (χ0n) is 16.9. The molecule has 1 aromatic heterocycles. The molecule has 2 aromatic rings. The SMILES string of the molecule is CC(C)N(Cc1ccccc1)C(=O)c1ccnc(NCCC2=CCCCC2)n1. The molecular formula is C23H30N4O. The second kappa shape index (κ2) is 10.0. The summed E-state index contributed by atoms with van der Waals surface area (Å²) in [5.41, 5.74) is 3.05. The molecule has 0 bridgehead atoms. The van der Waals surface area contributed by atoms with Crippen molar-refractivity contribution >= 4 is 11.9 Å². The summed E-state index contributed by atoms with van der Waals surface area (Å²) in [6.07, 6.45) is 10.0. The van der Waals surface area contributed by atoms with Gasteiger partial charge < -0.3 is 10.2 Å². The van der Waals surface area contributed by atoms with E-state index in [1.807, 2.05) is 49.1 Å². The highest BCUT2D eigenvalue weighted by molar-refractivity contribution is 5.92. The van der Waals surface area contributed by atoms with Crippen molar-refractivity contribution in [2.75, 3.05) is 11.9 Å². The minimum Gasteiger partial charge on any atom is -0.354 e. The fraction of sp³-hybridized carbons (Fsp3) is 0.435. The van der Waals surface area contributed by atoms with E-state index in [1.54, 1.807) is 12.3 Å². The van der Waals surface area contributed by atoms with Crippen LogP contribution < -0.4 is 5.32 Å². The standard InChI is InChI=1S/C23H30N4O/c1-18(2)27(17-20-11-7-4-8-12-20)22(28)21-14-16-25-23(26-21)24-15-13-19-9-5-3-6-10-19/h4,7-9,11-12,14,16,18H,3,5-6,10,13,15,17H2,1-2H3,(H,24,25,26). The molecule has 0 saturated heterocycles. The van der Waals surface area contributed by atoms with Gasteiger partial charge in [0.25, 0.3) is 5.91 Å². The van der Waals surface area contributed by atoms with Crippen molar-refractivity contribution in [3.63, 3.8) is 0 Å². The largest absolute Gasteiger partial charge is 0.354 e. The Morgan fingerprint density at radius 2 is 2.00 bits per heavy atom. The Morgan fingerprint density at radius 3 is 2.71 bits per heavy atom. The predicted octanol–water partition coefficient (Wildman–Crippen LogP) is 4.83. The van der Waals surface area contributed by atoms with Crippen LogP contribution in [0, 0.1) is 0 Å². The van der Waals surface area contributed by atoms with E-state index in [4.69, 9.17) is 0 Å². The number of hydrogen-bond acceptors (Lipinski definition) is 4. The van der Waals surface area contributed by atoms with Crippen LogP contribution in [0.25, 0.3) is 0 Å². The first-order valence-electron chi connectivity index (χ1n) is 10.2. The Hall–Kier alpha value is -2.69. The lowest BCUT2D eigenvalue weighted by molar-refractivity contribution is 0.0684. The van der Waals surface area contributed by atoms with Crippen LogP contribution in [0.5, 0.6) is 0 Å². The van der Waals surface area contributed by atoms with E-state index in [-0.39, 0.29) is 11.9 Å². The molecule has 0 spiro atoms. The van der Waals surface area contributed by atoms with Crippen LogP contribution in [0.2, 0.25) is 0 Å². The Morgan fingerprint density at radius 1 is 1.18 bits per heavy atom. The minimum atomic E-state index is -0.0701. The Labute approximate surface area is 167 Å². The number of nitrogens with one attached hydrogen (secondary N) is 1. The Balaban J connectivity index is 1.63. The quantitative estimate of drug-likeness (QED) is 0.669. The maximum absolute atomic E-state index is 13.1. The van der Waals surface area contributed by atoms with Crippen molar-refractivity contribution in [2.24, 2.45) is 0 Å². The zero-order valence-corrected chi connectivity index (χ0v) is 16.9. The number of rotatable bonds is 8. The predicted molar refractivity (Wildman–Crippen MR) is 113 cm³/mol. The van der Waals surface area contributed by atoms with E-state index >= 15 is 0 Å². The molecule has 1 N–H and O–H groups in total. The summed E-state index contributed by atoms with van der Waals surface area (Å²) in [7, 11) is 0. The van der Waals surface area contributed by atoms with Crippen LogP contribution in [0.3, 0.4) is 0 Å². The van der Waals surface area contributed by atoms with Gasteiger partial charge in [0.2, 0.25) is 5.95 Å². The highest BCUT2D eigenvalue weighted by Gasteiger charge is 2.20. The summed E-state index contributed by atoms with van der Waals surface area (Å²) < 4.78 is 0. The lowest BCUT2D eigenvalue weighted by atomic mass is 9.97. The minimum absolute atomic E-state index is 0.0701. The highest BCUT2D eigenvalue weighted by atomic mass is 16.2. The third kappa shape index (κ3) is 5.65. The van der Waals surface area contributed by atoms with Crippen LogP contribution in [0.4, 0.5) is 5.95 Å². The normalized spacial score (nSPS) is 13.9. The van der Waals surface area contributed by atoms with E-state index in [0.717, 1.165) is 18.5 Å². The third-order valence-corrected chi connectivity index (χ3v) is 5.07. The van der Waals surface area contributed by atoms with Gasteiger partial charge in [-0.25, -0.2) is 9.97 Å². The molecule has 5 nitrogen and oxygen atoms in total. The van der Waals surface area contributed by atoms with Gasteiger partial charge >= 0.3 is 0 Å². The van der Waals surface area contributed by atoms with Crippen molar-refractivity contribution in [3.8, 4) is 0 Å². The average Bonchev–Trinajstić information content (AvgIpc) is 2.73. The second-order valence-corrected chi connectivity index (χ2v) is 7.56. The summed E-state index contributed by atoms with van der Waals surface area (Å²) in [6.45, 7) is 5.41. The summed E-state index contributed by atoms with van der Waals surface area (Å²) in [5.74, 6) is 0.449. The van der Waals surface area contributed by atoms with E-state index in [1.165, 1.54) is 31.3 Å². The monoisotopic (exact) mass is 378 g/mol. The molecular weight excluding hydrogens is 348 g/mol. The molecule has 3 rings (SSSR count). The summed E-state index contributed by atoms with van der Waals surface area (Å²) in [5, 5.41) is 3.27. The number of allylic oxidation sites excluding steroid dienone is 1. The lowest BCUT2D eigenvalue weighted by Gasteiger charge is -2.26. The molecule has 148 valence electrons. The molecule has 0 saturated carbocycles. The molecule has 1 amide bonds. The van der Waals surface area contributed by atoms with Gasteiger partial charge in [0.15, 0.2) is 0 Å². The molecule has 0 aliphatic heterocycles. The van der Waals surface area contributed by atoms with Gasteiger partial charge in [-0.1, -0.05) is 42.0 Å². The molecule has 1 aromatic carbocycles. The summed E-state index contributed by atoms with van der Waals surface area (Å²) in [6, 6.07) is 11.8. The Bertz CT molecular complexity index is 801. The zero-order chi connectivity index (χ0) is 19.8. The van der Waals surface area contributed by atoms with Gasteiger partial charge in [-0.05, 0) is 57.6 Å². The maximum Gasteiger partial charge on any atom is 0.273 e. The second-order valence-electron chi connectivity index (χ2n) is 7.56. The molecule has 28 heavy (non-hydrogen) atoms. The van der Waals surface area contributed by atoms with Crippen LogP contribution in [0.1, 0.15) is 62.0 Å². The number of carbonyl (C=O) groups excluding carboxylic acids is 1. The molecule has 0 unspecified atom stereocenters. The van der Waals surface area contributed by atoms with Crippen molar-refractivity contribution in [2.45, 2.75) is 58.5 Å². The van der Waals surface area contributed by atoms with Crippen LogP contribution >= 0.6 is 0 Å². The average molecular weight is 379 g/mol. The number of nitrogens with zero attached hydrogens (tertiary/aromatic N) is 3. The van der Waals surface area contributed by atoms with Crippen molar-refractivity contribution in [1.29, 1.82) is 0 Å². The molecule has 1 aliphatic carbocycles. The number of aromatic nitrogens is 2. The molecule has 1 aliphatic rings. The molecule has 1 heterocycles. The van der Waals surface area contributed by atoms with Gasteiger partial charge in [-0.3, -0.25) is 4.79 Å². The molecule has 0 atom stereocenters. The van der Waals surface area contributed by atoms with Crippen LogP contribution in [-0.2, 0) is 6.54 Å². The first kappa shape index (κ1) is 20.1. The first-order valence-corrected chi connectivity index (χ1v) is 10.2. The van der Waals surface area contributed by atoms with E-state index < -0.39 is 0 Å². The van der Waals surface area contributed by atoms with E-state index in [9.17, 15) is 4.79 Å². The number of carbonyl (C=O) groups is 1. The van der Waals surface area contributed by atoms with Gasteiger partial charge in [-0.2, -0.15) is 0 Å². The van der Waals surface area contributed by atoms with Crippen LogP contribution in [0.15, 0.2) is 54.2 Å². The fourth-order valence-corrected chi connectivity index (χ4v) is 3.45. The number of hydrogen-bond donors (Lipinski definition) is 1. The van der Waals surface area contributed by atoms with Crippen molar-refractivity contribution < 1.29 is 4.79 Å². The molecule has 5 heteroatoms. The topological polar surface area (TPSA) is 58.1 Å². The van der Waals surface area contributed by atoms with E-state index in [0.29, 0.717) is 18.2 Å². The third-order valence-electron chi connectivity index (χ3n) is 5.07. The van der Waals surface area contributed by atoms with Crippen LogP contribution in [-0.4, -0.2) is 33.4 Å². The number of anilines is 1. The summed E-state index contributed by atoms with van der Waals surface area (Å²) >= 11 is 0. The number of benzene rings is 1. The van der Waals surface area contributed by atoms with E-state index in [2.05, 4.69) is 21.4 Å². The fourth-order valence-electron chi connectivity index (χ4n) is 3.45. The van der Waals surface area contributed by atoms with Gasteiger partial charge in [0.05, 0.1) is 0 Å². The Kier molecular flexibility index (Phi) is 7.18. The molecule has 0 fully saturated rings. The smallest absolute Gasteiger partial charge is 0.273 e. The van der Waals surface area contributed by atoms with Gasteiger partial charge in [0.1, 0.15) is 5.69 Å². The van der Waals surface area contributed by atoms with Gasteiger partial charge in [0, 0.05) is 25.3 Å². The number of amides is 1. The van der Waals surface area contributed by atoms with Gasteiger partial charge in [-0.15, -0.1) is 0 Å².